The van der Waals surface area contributed by atoms with Crippen LogP contribution >= 0.6 is 0 Å². The maximum absolute atomic E-state index is 10.1. The first kappa shape index (κ1) is 21.0. The van der Waals surface area contributed by atoms with Crippen LogP contribution in [0, 0.1) is 45.3 Å². The van der Waals surface area contributed by atoms with Crippen LogP contribution in [0.5, 0.6) is 11.5 Å². The fourth-order valence-corrected chi connectivity index (χ4v) is 4.35. The van der Waals surface area contributed by atoms with Gasteiger partial charge in [-0.1, -0.05) is 24.8 Å². The van der Waals surface area contributed by atoms with Crippen LogP contribution in [0.15, 0.2) is 53.8 Å². The summed E-state index contributed by atoms with van der Waals surface area (Å²) in [6.45, 7) is 5.23. The summed E-state index contributed by atoms with van der Waals surface area (Å²) in [5.74, 6) is 0.215. The Balaban J connectivity index is 2.25. The summed E-state index contributed by atoms with van der Waals surface area (Å²) < 4.78 is 11.1. The summed E-state index contributed by atoms with van der Waals surface area (Å²) >= 11 is 0. The highest BCUT2D eigenvalue weighted by molar-refractivity contribution is 5.60. The number of benzene rings is 1. The van der Waals surface area contributed by atoms with Crippen LogP contribution in [-0.2, 0) is 0 Å². The van der Waals surface area contributed by atoms with Crippen LogP contribution in [0.25, 0.3) is 0 Å². The van der Waals surface area contributed by atoms with Gasteiger partial charge in [-0.15, -0.1) is 0 Å². The lowest BCUT2D eigenvalue weighted by Gasteiger charge is -2.45. The standard InChI is InChI=1S/C23H23N5O2/c1-4-9-30-19-6-5-15(10-20(19)29-3)21-18-12-28(2)8-7-16(18)17(11-24)22(27)23(21,13-25)14-26/h4-7,10,18,21H,1,8-9,12,27H2,2-3H3/t18-,21+/m0/s1. The molecule has 1 heterocycles. The first-order valence-corrected chi connectivity index (χ1v) is 9.50. The molecule has 0 fully saturated rings. The molecule has 2 atom stereocenters. The molecule has 2 N–H and O–H groups in total. The lowest BCUT2D eigenvalue weighted by Crippen LogP contribution is -2.47. The van der Waals surface area contributed by atoms with Crippen LogP contribution in [0.4, 0.5) is 0 Å². The van der Waals surface area contributed by atoms with Crippen LogP contribution in [0.2, 0.25) is 0 Å². The molecule has 0 saturated carbocycles. The van der Waals surface area contributed by atoms with Gasteiger partial charge in [0.1, 0.15) is 12.7 Å². The molecule has 0 spiro atoms. The first-order valence-electron chi connectivity index (χ1n) is 9.50. The normalized spacial score (nSPS) is 22.6. The topological polar surface area (TPSA) is 119 Å². The van der Waals surface area contributed by atoms with Crippen molar-refractivity contribution in [1.29, 1.82) is 15.8 Å². The molecule has 7 nitrogen and oxygen atoms in total. The largest absolute Gasteiger partial charge is 0.493 e. The molecule has 1 aromatic carbocycles. The number of hydrogen-bond donors (Lipinski definition) is 1. The van der Waals surface area contributed by atoms with E-state index in [9.17, 15) is 15.8 Å². The Morgan fingerprint density at radius 3 is 2.63 bits per heavy atom. The lowest BCUT2D eigenvalue weighted by molar-refractivity contribution is 0.237. The van der Waals surface area contributed by atoms with E-state index in [1.807, 2.05) is 19.2 Å². The van der Waals surface area contributed by atoms with Crippen molar-refractivity contribution in [1.82, 2.24) is 4.90 Å². The highest BCUT2D eigenvalue weighted by atomic mass is 16.5. The maximum atomic E-state index is 10.1. The minimum absolute atomic E-state index is 0.0120. The van der Waals surface area contributed by atoms with Crippen molar-refractivity contribution >= 4 is 0 Å². The summed E-state index contributed by atoms with van der Waals surface area (Å²) in [6, 6.07) is 11.8. The zero-order chi connectivity index (χ0) is 21.9. The summed E-state index contributed by atoms with van der Waals surface area (Å²) in [6.07, 6.45) is 3.60. The molecule has 1 aliphatic heterocycles. The zero-order valence-corrected chi connectivity index (χ0v) is 17.1. The zero-order valence-electron chi connectivity index (χ0n) is 17.1. The minimum Gasteiger partial charge on any atom is -0.493 e. The van der Waals surface area contributed by atoms with Crippen LogP contribution in [0.1, 0.15) is 11.5 Å². The van der Waals surface area contributed by atoms with E-state index in [1.165, 1.54) is 7.11 Å². The maximum Gasteiger partial charge on any atom is 0.191 e. The highest BCUT2D eigenvalue weighted by Gasteiger charge is 2.54. The molecule has 30 heavy (non-hydrogen) atoms. The summed E-state index contributed by atoms with van der Waals surface area (Å²) in [5, 5.41) is 30.0. The second-order valence-electron chi connectivity index (χ2n) is 7.41. The van der Waals surface area contributed by atoms with Crippen molar-refractivity contribution in [3.8, 4) is 29.7 Å². The van der Waals surface area contributed by atoms with Gasteiger partial charge in [-0.25, -0.2) is 0 Å². The van der Waals surface area contributed by atoms with Gasteiger partial charge in [0, 0.05) is 24.9 Å². The predicted octanol–water partition coefficient (Wildman–Crippen LogP) is 2.62. The SMILES string of the molecule is C=CCOc1ccc([C@@H]2[C@H]3CN(C)CC=C3C(C#N)=C(N)C2(C#N)C#N)cc1OC. The second kappa shape index (κ2) is 8.33. The van der Waals surface area contributed by atoms with E-state index in [0.717, 1.165) is 11.1 Å². The fraction of sp³-hybridized carbons (Fsp3) is 0.348. The Morgan fingerprint density at radius 1 is 1.30 bits per heavy atom. The van der Waals surface area contributed by atoms with Gasteiger partial charge in [-0.2, -0.15) is 15.8 Å². The smallest absolute Gasteiger partial charge is 0.191 e. The molecule has 0 saturated heterocycles. The van der Waals surface area contributed by atoms with E-state index in [-0.39, 0.29) is 17.2 Å². The van der Waals surface area contributed by atoms with Gasteiger partial charge in [0.2, 0.25) is 0 Å². The van der Waals surface area contributed by atoms with Crippen LogP contribution in [-0.4, -0.2) is 38.8 Å². The minimum atomic E-state index is -1.67. The third kappa shape index (κ3) is 3.18. The molecule has 152 valence electrons. The molecular weight excluding hydrogens is 378 g/mol. The molecular formula is C23H23N5O2. The first-order chi connectivity index (χ1) is 14.5. The van der Waals surface area contributed by atoms with E-state index in [1.54, 1.807) is 18.2 Å². The number of hydrogen-bond acceptors (Lipinski definition) is 7. The average Bonchev–Trinajstić information content (AvgIpc) is 2.77. The number of nitriles is 3. The van der Waals surface area contributed by atoms with E-state index < -0.39 is 11.3 Å². The van der Waals surface area contributed by atoms with Gasteiger partial charge in [0.25, 0.3) is 0 Å². The number of allylic oxidation sites excluding steroid dienone is 2. The molecule has 0 amide bonds. The summed E-state index contributed by atoms with van der Waals surface area (Å²) in [5.41, 5.74) is 6.43. The Bertz CT molecular complexity index is 1040. The Morgan fingerprint density at radius 2 is 2.03 bits per heavy atom. The second-order valence-corrected chi connectivity index (χ2v) is 7.41. The van der Waals surface area contributed by atoms with Gasteiger partial charge in [-0.05, 0) is 30.3 Å². The highest BCUT2D eigenvalue weighted by Crippen LogP contribution is 2.54. The van der Waals surface area contributed by atoms with Crippen molar-refractivity contribution in [2.24, 2.45) is 17.1 Å². The summed E-state index contributed by atoms with van der Waals surface area (Å²) in [4.78, 5) is 2.09. The van der Waals surface area contributed by atoms with Gasteiger partial charge in [0.15, 0.2) is 16.9 Å². The molecule has 3 rings (SSSR count). The molecule has 0 aromatic heterocycles. The molecule has 0 radical (unpaired) electrons. The van der Waals surface area contributed by atoms with Gasteiger partial charge in [-0.3, -0.25) is 0 Å². The fourth-order valence-electron chi connectivity index (χ4n) is 4.35. The monoisotopic (exact) mass is 401 g/mol. The molecule has 2 aliphatic rings. The number of fused-ring (bicyclic) bond motifs is 1. The van der Waals surface area contributed by atoms with Gasteiger partial charge < -0.3 is 20.1 Å². The van der Waals surface area contributed by atoms with Crippen molar-refractivity contribution in [3.05, 3.63) is 59.3 Å². The molecule has 1 aromatic rings. The number of methoxy groups -OCH3 is 1. The quantitative estimate of drug-likeness (QED) is 0.753. The molecule has 0 bridgehead atoms. The van der Waals surface area contributed by atoms with E-state index >= 15 is 0 Å². The van der Waals surface area contributed by atoms with Crippen LogP contribution < -0.4 is 15.2 Å². The van der Waals surface area contributed by atoms with E-state index in [2.05, 4.69) is 29.7 Å². The number of likely N-dealkylation sites (N-methyl/N-ethyl adjacent to an activating group) is 1. The van der Waals surface area contributed by atoms with Crippen molar-refractivity contribution < 1.29 is 9.47 Å². The summed E-state index contributed by atoms with van der Waals surface area (Å²) in [7, 11) is 3.50. The number of nitrogens with zero attached hydrogens (tertiary/aromatic N) is 4. The van der Waals surface area contributed by atoms with Crippen molar-refractivity contribution in [2.45, 2.75) is 5.92 Å². The van der Waals surface area contributed by atoms with Gasteiger partial charge in [0.05, 0.1) is 30.5 Å². The lowest BCUT2D eigenvalue weighted by atomic mass is 9.58. The molecule has 0 unspecified atom stereocenters. The number of nitrogens with two attached hydrogens (primary N) is 1. The Kier molecular flexibility index (Phi) is 5.83. The van der Waals surface area contributed by atoms with Crippen LogP contribution in [0.3, 0.4) is 0 Å². The number of rotatable bonds is 5. The molecule has 7 heteroatoms. The Hall–Kier alpha value is -3.73. The third-order valence-corrected chi connectivity index (χ3v) is 5.75. The number of ether oxygens (including phenoxy) is 2. The predicted molar refractivity (Wildman–Crippen MR) is 111 cm³/mol. The average molecular weight is 401 g/mol. The third-order valence-electron chi connectivity index (χ3n) is 5.75. The van der Waals surface area contributed by atoms with Gasteiger partial charge >= 0.3 is 0 Å². The van der Waals surface area contributed by atoms with E-state index in [4.69, 9.17) is 15.2 Å². The molecule has 1 aliphatic carbocycles. The van der Waals surface area contributed by atoms with E-state index in [0.29, 0.717) is 31.2 Å². The van der Waals surface area contributed by atoms with Crippen molar-refractivity contribution in [2.75, 3.05) is 33.9 Å². The Labute approximate surface area is 176 Å². The van der Waals surface area contributed by atoms with Crippen molar-refractivity contribution in [3.63, 3.8) is 0 Å².